The van der Waals surface area contributed by atoms with Gasteiger partial charge in [0.05, 0.1) is 30.0 Å². The van der Waals surface area contributed by atoms with Crippen LogP contribution >= 0.6 is 0 Å². The molecule has 0 saturated heterocycles. The molecule has 0 radical (unpaired) electrons. The molecule has 1 amide bonds. The molecule has 4 aromatic rings. The largest absolute Gasteiger partial charge is 0.490 e. The molecule has 8 nitrogen and oxygen atoms in total. The van der Waals surface area contributed by atoms with Crippen molar-refractivity contribution in [1.82, 2.24) is 14.0 Å². The van der Waals surface area contributed by atoms with E-state index < -0.39 is 23.7 Å². The van der Waals surface area contributed by atoms with Crippen LogP contribution in [0.5, 0.6) is 5.75 Å². The molecule has 2 aliphatic carbocycles. The number of rotatable bonds is 10. The van der Waals surface area contributed by atoms with Crippen molar-refractivity contribution in [3.8, 4) is 5.75 Å². The molecule has 3 heterocycles. The number of alkyl halides is 1. The predicted octanol–water partition coefficient (Wildman–Crippen LogP) is 6.31. The van der Waals surface area contributed by atoms with E-state index in [-0.39, 0.29) is 11.8 Å². The summed E-state index contributed by atoms with van der Waals surface area (Å²) in [6.45, 7) is 5.19. The first kappa shape index (κ1) is 28.2. The van der Waals surface area contributed by atoms with Crippen molar-refractivity contribution < 1.29 is 18.7 Å². The molecule has 2 aliphatic rings. The van der Waals surface area contributed by atoms with Gasteiger partial charge in [-0.3, -0.25) is 9.59 Å². The number of nitrogens with one attached hydrogen (secondary N) is 1. The molecule has 2 atom stereocenters. The van der Waals surface area contributed by atoms with E-state index in [2.05, 4.69) is 17.4 Å². The van der Waals surface area contributed by atoms with E-state index in [0.717, 1.165) is 38.0 Å². The summed E-state index contributed by atoms with van der Waals surface area (Å²) in [5.41, 5.74) is 2.88. The molecular weight excluding hydrogens is 535 g/mol. The van der Waals surface area contributed by atoms with Crippen LogP contribution < -0.4 is 15.6 Å². The SMILES string of the molecule is CC(C)Oc1cc2nc(C3CCC(COCc4ccccc4)CC3)cn2cc1C(=O)Nc1cccn([C@H]2C[C@H]2F)c1=O. The number of anilines is 1. The van der Waals surface area contributed by atoms with E-state index in [1.807, 2.05) is 42.6 Å². The Hall–Kier alpha value is -3.98. The van der Waals surface area contributed by atoms with Crippen molar-refractivity contribution in [3.63, 3.8) is 0 Å². The van der Waals surface area contributed by atoms with Crippen molar-refractivity contribution in [1.29, 1.82) is 0 Å². The predicted molar refractivity (Wildman–Crippen MR) is 159 cm³/mol. The fourth-order valence-corrected chi connectivity index (χ4v) is 5.79. The Balaban J connectivity index is 1.15. The minimum absolute atomic E-state index is 0.105. The Bertz CT molecular complexity index is 1610. The third-order valence-corrected chi connectivity index (χ3v) is 8.17. The zero-order valence-electron chi connectivity index (χ0n) is 24.0. The molecule has 0 spiro atoms. The molecule has 2 fully saturated rings. The first-order chi connectivity index (χ1) is 20.4. The standard InChI is InChI=1S/C33H37FN4O4/c1-21(2)42-30-16-31-35-28(24-12-10-23(11-13-24)20-41-19-22-7-4-3-5-8-22)18-37(31)17-25(30)32(39)36-27-9-6-14-38(33(27)40)29-15-26(29)34/h3-9,14,16-18,21,23-24,26,29H,10-13,15,19-20H2,1-2H3,(H,36,39)/t23?,24?,26-,29+/m1/s1. The van der Waals surface area contributed by atoms with Crippen LogP contribution in [0, 0.1) is 5.92 Å². The third kappa shape index (κ3) is 6.26. The minimum atomic E-state index is -1.03. The number of pyridine rings is 2. The van der Waals surface area contributed by atoms with Crippen LogP contribution in [0.25, 0.3) is 5.65 Å². The lowest BCUT2D eigenvalue weighted by molar-refractivity contribution is 0.0714. The van der Waals surface area contributed by atoms with Crippen LogP contribution in [0.15, 0.2) is 71.9 Å². The number of halogens is 1. The topological polar surface area (TPSA) is 86.9 Å². The fourth-order valence-electron chi connectivity index (χ4n) is 5.79. The molecule has 1 aromatic carbocycles. The molecule has 42 heavy (non-hydrogen) atoms. The smallest absolute Gasteiger partial charge is 0.274 e. The van der Waals surface area contributed by atoms with Crippen LogP contribution in [0.1, 0.15) is 79.5 Å². The van der Waals surface area contributed by atoms with Crippen LogP contribution in [-0.4, -0.2) is 38.7 Å². The summed E-state index contributed by atoms with van der Waals surface area (Å²) in [7, 11) is 0. The lowest BCUT2D eigenvalue weighted by atomic mass is 9.81. The Morgan fingerprint density at radius 1 is 1.10 bits per heavy atom. The van der Waals surface area contributed by atoms with E-state index in [0.29, 0.717) is 41.8 Å². The van der Waals surface area contributed by atoms with Gasteiger partial charge >= 0.3 is 0 Å². The van der Waals surface area contributed by atoms with Crippen LogP contribution in [0.2, 0.25) is 0 Å². The Kier molecular flexibility index (Phi) is 8.11. The number of ether oxygens (including phenoxy) is 2. The molecule has 0 unspecified atom stereocenters. The highest BCUT2D eigenvalue weighted by atomic mass is 19.1. The fraction of sp³-hybridized carbons (Fsp3) is 0.424. The van der Waals surface area contributed by atoms with Crippen LogP contribution in [-0.2, 0) is 11.3 Å². The Labute approximate surface area is 244 Å². The number of hydrogen-bond donors (Lipinski definition) is 1. The molecule has 1 N–H and O–H groups in total. The second kappa shape index (κ2) is 12.1. The van der Waals surface area contributed by atoms with Gasteiger partial charge in [0.25, 0.3) is 11.5 Å². The molecule has 3 aromatic heterocycles. The minimum Gasteiger partial charge on any atom is -0.490 e. The molecule has 0 bridgehead atoms. The zero-order valence-corrected chi connectivity index (χ0v) is 24.0. The number of fused-ring (bicyclic) bond motifs is 1. The monoisotopic (exact) mass is 572 g/mol. The van der Waals surface area contributed by atoms with Gasteiger partial charge in [-0.2, -0.15) is 0 Å². The van der Waals surface area contributed by atoms with Crippen molar-refractivity contribution in [2.75, 3.05) is 11.9 Å². The van der Waals surface area contributed by atoms with Gasteiger partial charge in [0.2, 0.25) is 0 Å². The average Bonchev–Trinajstić information content (AvgIpc) is 3.56. The van der Waals surface area contributed by atoms with Crippen LogP contribution in [0.4, 0.5) is 10.1 Å². The normalized spacial score (nSPS) is 21.9. The highest BCUT2D eigenvalue weighted by molar-refractivity contribution is 6.06. The van der Waals surface area contributed by atoms with Gasteiger partial charge in [0.15, 0.2) is 0 Å². The highest BCUT2D eigenvalue weighted by Crippen LogP contribution is 2.38. The number of nitrogens with zero attached hydrogens (tertiary/aromatic N) is 3. The number of carbonyl (C=O) groups excluding carboxylic acids is 1. The number of imidazole rings is 1. The highest BCUT2D eigenvalue weighted by Gasteiger charge is 2.40. The lowest BCUT2D eigenvalue weighted by Crippen LogP contribution is -2.26. The van der Waals surface area contributed by atoms with Crippen molar-refractivity contribution >= 4 is 17.2 Å². The summed E-state index contributed by atoms with van der Waals surface area (Å²) in [5.74, 6) is 0.808. The second-order valence-corrected chi connectivity index (χ2v) is 11.8. The van der Waals surface area contributed by atoms with Crippen molar-refractivity contribution in [2.24, 2.45) is 5.92 Å². The molecule has 0 aliphatic heterocycles. The number of benzene rings is 1. The van der Waals surface area contributed by atoms with Gasteiger partial charge in [0, 0.05) is 43.6 Å². The quantitative estimate of drug-likeness (QED) is 0.241. The summed E-state index contributed by atoms with van der Waals surface area (Å²) in [5, 5.41) is 2.72. The van der Waals surface area contributed by atoms with E-state index in [9.17, 15) is 14.0 Å². The molecule has 2 saturated carbocycles. The van der Waals surface area contributed by atoms with Gasteiger partial charge < -0.3 is 23.8 Å². The van der Waals surface area contributed by atoms with Crippen molar-refractivity contribution in [2.45, 2.75) is 76.8 Å². The molecule has 6 rings (SSSR count). The molecule has 220 valence electrons. The first-order valence-corrected chi connectivity index (χ1v) is 14.8. The summed E-state index contributed by atoms with van der Waals surface area (Å²) in [6.07, 6.45) is 8.61. The average molecular weight is 573 g/mol. The number of carbonyl (C=O) groups is 1. The van der Waals surface area contributed by atoms with Gasteiger partial charge in [-0.1, -0.05) is 30.3 Å². The van der Waals surface area contributed by atoms with Crippen molar-refractivity contribution in [3.05, 3.63) is 94.3 Å². The van der Waals surface area contributed by atoms with E-state index in [1.165, 1.54) is 16.2 Å². The van der Waals surface area contributed by atoms with Gasteiger partial charge in [-0.15, -0.1) is 0 Å². The first-order valence-electron chi connectivity index (χ1n) is 14.8. The number of hydrogen-bond acceptors (Lipinski definition) is 5. The van der Waals surface area contributed by atoms with Gasteiger partial charge in [-0.05, 0) is 63.1 Å². The maximum atomic E-state index is 13.6. The summed E-state index contributed by atoms with van der Waals surface area (Å²) < 4.78 is 28.8. The zero-order chi connectivity index (χ0) is 29.2. The lowest BCUT2D eigenvalue weighted by Gasteiger charge is -2.27. The molecule has 9 heteroatoms. The number of aromatic nitrogens is 3. The second-order valence-electron chi connectivity index (χ2n) is 11.8. The van der Waals surface area contributed by atoms with Gasteiger partial charge in [0.1, 0.15) is 23.3 Å². The summed E-state index contributed by atoms with van der Waals surface area (Å²) in [4.78, 5) is 31.2. The Morgan fingerprint density at radius 3 is 2.57 bits per heavy atom. The summed E-state index contributed by atoms with van der Waals surface area (Å²) >= 11 is 0. The maximum absolute atomic E-state index is 13.6. The number of amides is 1. The maximum Gasteiger partial charge on any atom is 0.274 e. The van der Waals surface area contributed by atoms with E-state index in [1.54, 1.807) is 24.5 Å². The van der Waals surface area contributed by atoms with Gasteiger partial charge in [-0.25, -0.2) is 9.37 Å². The third-order valence-electron chi connectivity index (χ3n) is 8.17. The Morgan fingerprint density at radius 2 is 1.86 bits per heavy atom. The summed E-state index contributed by atoms with van der Waals surface area (Å²) in [6, 6.07) is 14.7. The van der Waals surface area contributed by atoms with E-state index in [4.69, 9.17) is 14.5 Å². The van der Waals surface area contributed by atoms with E-state index >= 15 is 0 Å². The van der Waals surface area contributed by atoms with Crippen LogP contribution in [0.3, 0.4) is 0 Å². The molecular formula is C33H37FN4O4.